The summed E-state index contributed by atoms with van der Waals surface area (Å²) in [4.78, 5) is 35.9. The predicted molar refractivity (Wildman–Crippen MR) is 112 cm³/mol. The van der Waals surface area contributed by atoms with Gasteiger partial charge in [-0.1, -0.05) is 30.3 Å². The van der Waals surface area contributed by atoms with Gasteiger partial charge in [0.25, 0.3) is 5.56 Å². The molecule has 1 aliphatic rings. The molecule has 0 aliphatic carbocycles. The Labute approximate surface area is 168 Å². The lowest BCUT2D eigenvalue weighted by atomic mass is 10.1. The Bertz CT molecular complexity index is 1060. The highest BCUT2D eigenvalue weighted by Crippen LogP contribution is 2.18. The van der Waals surface area contributed by atoms with Crippen LogP contribution in [0.1, 0.15) is 18.4 Å². The van der Waals surface area contributed by atoms with Crippen molar-refractivity contribution >= 4 is 23.0 Å². The Hall–Kier alpha value is -3.42. The summed E-state index contributed by atoms with van der Waals surface area (Å²) in [6, 6.07) is 13.5. The number of carbonyl (C=O) groups excluding carboxylic acids is 1. The van der Waals surface area contributed by atoms with E-state index in [0.717, 1.165) is 18.4 Å². The van der Waals surface area contributed by atoms with Crippen molar-refractivity contribution in [2.75, 3.05) is 25.0 Å². The van der Waals surface area contributed by atoms with Crippen LogP contribution in [0.2, 0.25) is 0 Å². The van der Waals surface area contributed by atoms with Crippen molar-refractivity contribution < 1.29 is 4.79 Å². The van der Waals surface area contributed by atoms with E-state index in [1.165, 1.54) is 0 Å². The van der Waals surface area contributed by atoms with Gasteiger partial charge in [0.05, 0.1) is 6.54 Å². The van der Waals surface area contributed by atoms with Crippen LogP contribution in [0, 0.1) is 0 Å². The lowest BCUT2D eigenvalue weighted by Gasteiger charge is -2.33. The van der Waals surface area contributed by atoms with Crippen LogP contribution in [-0.4, -0.2) is 46.7 Å². The summed E-state index contributed by atoms with van der Waals surface area (Å²) in [7, 11) is 1.60. The zero-order valence-electron chi connectivity index (χ0n) is 16.3. The van der Waals surface area contributed by atoms with Gasteiger partial charge in [0.1, 0.15) is 5.52 Å². The highest BCUT2D eigenvalue weighted by molar-refractivity contribution is 5.74. The molecule has 0 spiro atoms. The summed E-state index contributed by atoms with van der Waals surface area (Å²) < 4.78 is 1.70. The highest BCUT2D eigenvalue weighted by atomic mass is 16.2. The van der Waals surface area contributed by atoms with E-state index in [9.17, 15) is 9.59 Å². The molecular formula is C21H24N6O2. The number of amides is 2. The molecule has 1 aromatic carbocycles. The van der Waals surface area contributed by atoms with E-state index in [1.807, 2.05) is 47.4 Å². The fourth-order valence-electron chi connectivity index (χ4n) is 3.67. The molecule has 0 atom stereocenters. The second-order valence-corrected chi connectivity index (χ2v) is 7.14. The first kappa shape index (κ1) is 18.9. The first-order chi connectivity index (χ1) is 14.2. The number of aromatic nitrogens is 3. The fourth-order valence-corrected chi connectivity index (χ4v) is 3.67. The van der Waals surface area contributed by atoms with Gasteiger partial charge in [0.2, 0.25) is 0 Å². The Morgan fingerprint density at radius 3 is 2.62 bits per heavy atom. The van der Waals surface area contributed by atoms with Crippen LogP contribution in [0.4, 0.5) is 10.6 Å². The number of pyridine rings is 1. The summed E-state index contributed by atoms with van der Waals surface area (Å²) in [5.41, 5.74) is 2.18. The second kappa shape index (κ2) is 8.30. The van der Waals surface area contributed by atoms with Crippen molar-refractivity contribution in [3.8, 4) is 0 Å². The zero-order chi connectivity index (χ0) is 20.2. The van der Waals surface area contributed by atoms with E-state index in [4.69, 9.17) is 0 Å². The van der Waals surface area contributed by atoms with Gasteiger partial charge in [0, 0.05) is 32.4 Å². The Morgan fingerprint density at radius 2 is 1.90 bits per heavy atom. The van der Waals surface area contributed by atoms with Gasteiger partial charge >= 0.3 is 6.03 Å². The van der Waals surface area contributed by atoms with Crippen molar-refractivity contribution in [2.24, 2.45) is 0 Å². The molecule has 8 heteroatoms. The molecule has 150 valence electrons. The molecule has 0 bridgehead atoms. The van der Waals surface area contributed by atoms with Gasteiger partial charge in [-0.15, -0.1) is 0 Å². The number of nitrogens with one attached hydrogen (secondary N) is 2. The van der Waals surface area contributed by atoms with Gasteiger partial charge in [-0.3, -0.25) is 9.36 Å². The van der Waals surface area contributed by atoms with Gasteiger partial charge < -0.3 is 15.5 Å². The highest BCUT2D eigenvalue weighted by Gasteiger charge is 2.24. The molecule has 8 nitrogen and oxygen atoms in total. The minimum absolute atomic E-state index is 0.0971. The lowest BCUT2D eigenvalue weighted by Crippen LogP contribution is -2.48. The Kier molecular flexibility index (Phi) is 5.41. The molecule has 0 unspecified atom stereocenters. The molecule has 0 saturated carbocycles. The Balaban J connectivity index is 1.65. The van der Waals surface area contributed by atoms with Crippen LogP contribution in [0.3, 0.4) is 0 Å². The van der Waals surface area contributed by atoms with Gasteiger partial charge in [-0.2, -0.15) is 0 Å². The van der Waals surface area contributed by atoms with Crippen LogP contribution in [0.5, 0.6) is 0 Å². The van der Waals surface area contributed by atoms with Crippen molar-refractivity contribution in [1.82, 2.24) is 25.2 Å². The third kappa shape index (κ3) is 4.06. The van der Waals surface area contributed by atoms with E-state index >= 15 is 0 Å². The molecule has 2 N–H and O–H groups in total. The third-order valence-corrected chi connectivity index (χ3v) is 5.22. The maximum atomic E-state index is 13.3. The average Bonchev–Trinajstić information content (AvgIpc) is 2.77. The lowest BCUT2D eigenvalue weighted by molar-refractivity contribution is 0.236. The predicted octanol–water partition coefficient (Wildman–Crippen LogP) is 1.74. The summed E-state index contributed by atoms with van der Waals surface area (Å²) in [5.74, 6) is 0.444. The number of nitrogens with zero attached hydrogens (tertiary/aromatic N) is 4. The molecule has 2 aromatic heterocycles. The minimum Gasteiger partial charge on any atom is -0.352 e. The van der Waals surface area contributed by atoms with Crippen LogP contribution >= 0.6 is 0 Å². The number of anilines is 1. The number of urea groups is 1. The number of hydrogen-bond donors (Lipinski definition) is 2. The van der Waals surface area contributed by atoms with Gasteiger partial charge in [-0.25, -0.2) is 14.8 Å². The van der Waals surface area contributed by atoms with Crippen molar-refractivity contribution in [3.63, 3.8) is 0 Å². The van der Waals surface area contributed by atoms with Crippen LogP contribution < -0.4 is 21.1 Å². The Morgan fingerprint density at radius 1 is 1.14 bits per heavy atom. The van der Waals surface area contributed by atoms with Crippen molar-refractivity contribution in [3.05, 3.63) is 64.6 Å². The average molecular weight is 392 g/mol. The summed E-state index contributed by atoms with van der Waals surface area (Å²) >= 11 is 0. The molecule has 1 saturated heterocycles. The first-order valence-electron chi connectivity index (χ1n) is 9.78. The topological polar surface area (TPSA) is 92.2 Å². The quantitative estimate of drug-likeness (QED) is 0.706. The molecule has 0 radical (unpaired) electrons. The number of benzene rings is 1. The number of piperidine rings is 1. The largest absolute Gasteiger partial charge is 0.352 e. The number of carbonyl (C=O) groups is 1. The molecular weight excluding hydrogens is 368 g/mol. The van der Waals surface area contributed by atoms with Gasteiger partial charge in [0.15, 0.2) is 11.5 Å². The maximum Gasteiger partial charge on any atom is 0.314 e. The van der Waals surface area contributed by atoms with Crippen LogP contribution in [-0.2, 0) is 6.54 Å². The zero-order valence-corrected chi connectivity index (χ0v) is 16.3. The standard InChI is InChI=1S/C21H24N6O2/c1-22-21(29)24-16-9-12-26(13-10-16)19-20(28)27(14-15-6-3-2-4-7-15)18-17(25-19)8-5-11-23-18/h2-8,11,16H,9-10,12-14H2,1H3,(H2,22,24,29). The fraction of sp³-hybridized carbons (Fsp3) is 0.333. The molecule has 3 heterocycles. The smallest absolute Gasteiger partial charge is 0.314 e. The molecule has 1 fully saturated rings. The molecule has 3 aromatic rings. The van der Waals surface area contributed by atoms with Crippen molar-refractivity contribution in [1.29, 1.82) is 0 Å². The van der Waals surface area contributed by atoms with E-state index in [2.05, 4.69) is 20.6 Å². The van der Waals surface area contributed by atoms with E-state index in [-0.39, 0.29) is 17.6 Å². The SMILES string of the molecule is CNC(=O)NC1CCN(c2nc3cccnc3n(Cc3ccccc3)c2=O)CC1. The number of fused-ring (bicyclic) bond motifs is 1. The summed E-state index contributed by atoms with van der Waals surface area (Å²) in [5, 5.41) is 5.52. The van der Waals surface area contributed by atoms with E-state index in [1.54, 1.807) is 17.8 Å². The summed E-state index contributed by atoms with van der Waals surface area (Å²) in [6.45, 7) is 1.76. The van der Waals surface area contributed by atoms with E-state index in [0.29, 0.717) is 36.6 Å². The van der Waals surface area contributed by atoms with Crippen molar-refractivity contribution in [2.45, 2.75) is 25.4 Å². The molecule has 2 amide bonds. The molecule has 29 heavy (non-hydrogen) atoms. The molecule has 4 rings (SSSR count). The third-order valence-electron chi connectivity index (χ3n) is 5.22. The minimum atomic E-state index is -0.177. The van der Waals surface area contributed by atoms with Crippen LogP contribution in [0.15, 0.2) is 53.5 Å². The van der Waals surface area contributed by atoms with Gasteiger partial charge in [-0.05, 0) is 30.5 Å². The summed E-state index contributed by atoms with van der Waals surface area (Å²) in [6.07, 6.45) is 3.21. The monoisotopic (exact) mass is 392 g/mol. The normalized spacial score (nSPS) is 14.7. The van der Waals surface area contributed by atoms with Crippen LogP contribution in [0.25, 0.3) is 11.2 Å². The number of hydrogen-bond acceptors (Lipinski definition) is 5. The number of rotatable bonds is 4. The molecule has 1 aliphatic heterocycles. The van der Waals surface area contributed by atoms with E-state index < -0.39 is 0 Å². The maximum absolute atomic E-state index is 13.3. The second-order valence-electron chi connectivity index (χ2n) is 7.14. The first-order valence-corrected chi connectivity index (χ1v) is 9.78.